The number of nitrogen functional groups attached to an aromatic ring is 1. The number of nitrogens with one attached hydrogen (secondary N) is 1. The van der Waals surface area contributed by atoms with Crippen molar-refractivity contribution >= 4 is 83.6 Å². The van der Waals surface area contributed by atoms with Gasteiger partial charge < -0.3 is 25.0 Å². The monoisotopic (exact) mass is 1390 g/mol. The second-order valence-electron chi connectivity index (χ2n) is 16.3. The SMILES string of the molecule is Cc1cnc(Br)cn1.Cc1cnc(N(Cc2ccc(-c3noc(C(F)(F)F)n3)s2)c2cc(C(F)(F)F)cnn2)cn1.Cc1cnc(Nc2cc(C(F)(F)F)cnn2)cn1.FC(F)(F)c1nc(-c2ccc(CBr)s2)no1.Nc1cc(C(F)(F)F)cnn1. The maximum absolute atomic E-state index is 13.2. The molecule has 0 bridgehead atoms. The van der Waals surface area contributed by atoms with Gasteiger partial charge in [0, 0.05) is 21.3 Å². The molecule has 0 fully saturated rings. The number of alkyl halides is 16. The van der Waals surface area contributed by atoms with E-state index in [-0.39, 0.29) is 46.3 Å². The van der Waals surface area contributed by atoms with Crippen LogP contribution in [0.1, 0.15) is 55.3 Å². The lowest BCUT2D eigenvalue weighted by atomic mass is 10.3. The molecule has 10 rings (SSSR count). The fourth-order valence-corrected chi connectivity index (χ4v) is 8.16. The van der Waals surface area contributed by atoms with Gasteiger partial charge in [0.15, 0.2) is 17.5 Å². The number of aromatic nitrogens is 16. The van der Waals surface area contributed by atoms with Gasteiger partial charge in [0.1, 0.15) is 16.2 Å². The molecule has 0 unspecified atom stereocenters. The average molecular weight is 1390 g/mol. The van der Waals surface area contributed by atoms with E-state index < -0.39 is 59.4 Å². The standard InChI is InChI=1S/C18H11F6N7OS.C10H8F3N5.C8H4BrF3N2OS.C5H5BrN2.C5H4F3N3/c1-9-5-26-14(7-25-9)31(13-4-10(6-27-29-13)17(19,20)21)8-11-2-3-12(33-11)15-28-16(32-30-15)18(22,23)24;1-6-3-15-9(5-14-6)17-8-2-7(4-16-18-8)10(11,12)13;9-3-4-1-2-5(16-4)6-13-7(15-14-6)8(10,11)12;1-4-2-8-5(6)3-7-4;6-5(7,8)3-1-4(9)11-10-2-3/h2-7H,8H2,1H3;2-5H,1H3,(H,15,17,18);1-2H,3H2;2-3H,1H3;1-2H,(H2,9,11). The maximum atomic E-state index is 13.2. The maximum Gasteiger partial charge on any atom is 0.471 e. The molecule has 10 aromatic heterocycles. The molecule has 40 heteroatoms. The molecule has 0 aromatic carbocycles. The van der Waals surface area contributed by atoms with E-state index in [9.17, 15) is 65.9 Å². The lowest BCUT2D eigenvalue weighted by Gasteiger charge is -2.22. The van der Waals surface area contributed by atoms with Gasteiger partial charge in [-0.1, -0.05) is 26.2 Å². The predicted octanol–water partition coefficient (Wildman–Crippen LogP) is 13.7. The zero-order chi connectivity index (χ0) is 63.2. The molecule has 0 spiro atoms. The quantitative estimate of drug-likeness (QED) is 0.100. The van der Waals surface area contributed by atoms with E-state index in [1.165, 1.54) is 47.1 Å². The van der Waals surface area contributed by atoms with E-state index in [0.717, 1.165) is 44.7 Å². The number of hydrogen-bond acceptors (Lipinski definition) is 23. The third kappa shape index (κ3) is 20.3. The number of nitrogens with zero attached hydrogens (tertiary/aromatic N) is 17. The lowest BCUT2D eigenvalue weighted by Crippen LogP contribution is -2.20. The molecule has 0 saturated carbocycles. The molecule has 0 saturated heterocycles. The van der Waals surface area contributed by atoms with Crippen LogP contribution in [0.3, 0.4) is 0 Å². The number of hydrogen-bond donors (Lipinski definition) is 2. The largest absolute Gasteiger partial charge is 0.471 e. The summed E-state index contributed by atoms with van der Waals surface area (Å²) in [5, 5.41) is 30.2. The Bertz CT molecular complexity index is 3730. The molecule has 0 radical (unpaired) electrons. The number of halogens is 17. The number of thiophene rings is 2. The number of aryl methyl sites for hydroxylation is 3. The summed E-state index contributed by atoms with van der Waals surface area (Å²) in [6, 6.07) is 8.89. The van der Waals surface area contributed by atoms with Gasteiger partial charge in [-0.2, -0.15) is 91.1 Å². The van der Waals surface area contributed by atoms with Crippen molar-refractivity contribution in [2.75, 3.05) is 16.0 Å². The van der Waals surface area contributed by atoms with E-state index in [1.54, 1.807) is 44.4 Å². The van der Waals surface area contributed by atoms with E-state index >= 15 is 0 Å². The molecule has 0 amide bonds. The van der Waals surface area contributed by atoms with Crippen molar-refractivity contribution in [2.24, 2.45) is 0 Å². The van der Waals surface area contributed by atoms with Gasteiger partial charge in [0.2, 0.25) is 11.6 Å². The second kappa shape index (κ2) is 28.6. The van der Waals surface area contributed by atoms with Crippen molar-refractivity contribution < 1.29 is 74.9 Å². The van der Waals surface area contributed by atoms with Crippen LogP contribution in [0.15, 0.2) is 112 Å². The minimum Gasteiger partial charge on any atom is -0.382 e. The van der Waals surface area contributed by atoms with Gasteiger partial charge >= 0.3 is 42.7 Å². The number of nitrogens with two attached hydrogens (primary N) is 1. The van der Waals surface area contributed by atoms with Crippen molar-refractivity contribution in [3.63, 3.8) is 0 Å². The van der Waals surface area contributed by atoms with Gasteiger partial charge in [-0.3, -0.25) is 15.0 Å². The van der Waals surface area contributed by atoms with Crippen LogP contribution in [0.2, 0.25) is 0 Å². The van der Waals surface area contributed by atoms with Crippen LogP contribution in [0.4, 0.5) is 94.9 Å². The summed E-state index contributed by atoms with van der Waals surface area (Å²) in [5.74, 6) is -3.03. The Kier molecular flexibility index (Phi) is 22.1. The number of anilines is 5. The Balaban J connectivity index is 0.000000189. The van der Waals surface area contributed by atoms with Crippen molar-refractivity contribution in [2.45, 2.75) is 63.5 Å². The van der Waals surface area contributed by atoms with E-state index in [0.29, 0.717) is 50.9 Å². The normalized spacial score (nSPS) is 11.6. The molecule has 10 aromatic rings. The molecule has 0 aliphatic rings. The zero-order valence-corrected chi connectivity index (χ0v) is 47.7. The van der Waals surface area contributed by atoms with Crippen LogP contribution in [-0.4, -0.2) is 80.8 Å². The third-order valence-corrected chi connectivity index (χ3v) is 13.1. The van der Waals surface area contributed by atoms with Crippen LogP contribution in [0, 0.1) is 20.8 Å². The van der Waals surface area contributed by atoms with Crippen LogP contribution in [0.25, 0.3) is 21.4 Å². The summed E-state index contributed by atoms with van der Waals surface area (Å²) < 4.78 is 196. The first-order chi connectivity index (χ1) is 40.2. The van der Waals surface area contributed by atoms with Crippen molar-refractivity contribution in [3.05, 3.63) is 158 Å². The first kappa shape index (κ1) is 66.6. The molecule has 86 heavy (non-hydrogen) atoms. The van der Waals surface area contributed by atoms with Crippen LogP contribution >= 0.6 is 54.5 Å². The molecule has 0 aliphatic heterocycles. The van der Waals surface area contributed by atoms with Crippen molar-refractivity contribution in [1.82, 2.24) is 80.8 Å². The number of rotatable bonds is 9. The van der Waals surface area contributed by atoms with Gasteiger partial charge in [0.05, 0.1) is 99.6 Å². The molecule has 3 N–H and O–H groups in total. The van der Waals surface area contributed by atoms with Gasteiger partial charge in [-0.05, 0) is 79.2 Å². The highest BCUT2D eigenvalue weighted by Gasteiger charge is 2.40. The minimum absolute atomic E-state index is 0.0254. The van der Waals surface area contributed by atoms with Crippen molar-refractivity contribution in [1.29, 1.82) is 0 Å². The van der Waals surface area contributed by atoms with Gasteiger partial charge in [-0.25, -0.2) is 15.0 Å². The fourth-order valence-electron chi connectivity index (χ4n) is 5.72. The van der Waals surface area contributed by atoms with Gasteiger partial charge in [-0.15, -0.1) is 38.0 Å². The Hall–Kier alpha value is -8.53. The van der Waals surface area contributed by atoms with Crippen LogP contribution in [0.5, 0.6) is 0 Å². The Labute approximate surface area is 496 Å². The molecule has 0 aliphatic carbocycles. The zero-order valence-electron chi connectivity index (χ0n) is 42.9. The third-order valence-electron chi connectivity index (χ3n) is 9.61. The predicted molar refractivity (Wildman–Crippen MR) is 281 cm³/mol. The van der Waals surface area contributed by atoms with Crippen LogP contribution < -0.4 is 16.0 Å². The summed E-state index contributed by atoms with van der Waals surface area (Å²) in [5.41, 5.74) is 4.45. The molecule has 21 nitrogen and oxygen atoms in total. The molecular formula is C46H32Br2F15N19O2S2. The van der Waals surface area contributed by atoms with E-state index in [1.807, 2.05) is 6.92 Å². The summed E-state index contributed by atoms with van der Waals surface area (Å²) in [4.78, 5) is 34.4. The highest BCUT2D eigenvalue weighted by atomic mass is 79.9. The fraction of sp³-hybridized carbons (Fsp3) is 0.217. The molecule has 10 heterocycles. The summed E-state index contributed by atoms with van der Waals surface area (Å²) in [6.45, 7) is 5.32. The topological polar surface area (TPSA) is 274 Å². The summed E-state index contributed by atoms with van der Waals surface area (Å²) in [6.07, 6.45) is -11.9. The first-order valence-corrected chi connectivity index (χ1v) is 26.4. The summed E-state index contributed by atoms with van der Waals surface area (Å²) in [7, 11) is 0. The Morgan fingerprint density at radius 3 is 1.41 bits per heavy atom. The average Bonchev–Trinajstić information content (AvgIpc) is 3.90. The first-order valence-electron chi connectivity index (χ1n) is 22.8. The summed E-state index contributed by atoms with van der Waals surface area (Å²) >= 11 is 8.76. The van der Waals surface area contributed by atoms with Crippen molar-refractivity contribution in [3.8, 4) is 21.4 Å². The van der Waals surface area contributed by atoms with Crippen LogP contribution in [-0.2, 0) is 42.8 Å². The van der Waals surface area contributed by atoms with Gasteiger partial charge in [0.25, 0.3) is 0 Å². The second-order valence-corrected chi connectivity index (χ2v) is 20.0. The molecule has 454 valence electrons. The Morgan fingerprint density at radius 1 is 0.500 bits per heavy atom. The highest BCUT2D eigenvalue weighted by molar-refractivity contribution is 9.10. The molecule has 0 atom stereocenters. The lowest BCUT2D eigenvalue weighted by molar-refractivity contribution is -0.160. The Morgan fingerprint density at radius 2 is 0.977 bits per heavy atom. The minimum atomic E-state index is -4.78. The molecular weight excluding hydrogens is 1360 g/mol. The highest BCUT2D eigenvalue weighted by Crippen LogP contribution is 2.37. The van der Waals surface area contributed by atoms with E-state index in [2.05, 4.69) is 127 Å². The van der Waals surface area contributed by atoms with E-state index in [4.69, 9.17) is 5.73 Å². The smallest absolute Gasteiger partial charge is 0.382 e.